The summed E-state index contributed by atoms with van der Waals surface area (Å²) in [5.74, 6) is -9.81. The van der Waals surface area contributed by atoms with Crippen LogP contribution in [-0.4, -0.2) is 97.5 Å². The molecule has 4 aliphatic rings. The Hall–Kier alpha value is -3.51. The average molecular weight is 656 g/mol. The molecule has 2 unspecified atom stereocenters. The second-order valence-electron chi connectivity index (χ2n) is 12.2. The fraction of sp³-hybridized carbons (Fsp3) is 0.607. The molecule has 2 saturated heterocycles. The number of carbonyl (C=O) groups is 4. The lowest BCUT2D eigenvalue weighted by molar-refractivity contribution is -0.160. The van der Waals surface area contributed by atoms with E-state index >= 15 is 0 Å². The van der Waals surface area contributed by atoms with Gasteiger partial charge in [-0.15, -0.1) is 0 Å². The van der Waals surface area contributed by atoms with Gasteiger partial charge in [-0.2, -0.15) is 5.26 Å². The van der Waals surface area contributed by atoms with Crippen molar-refractivity contribution < 1.29 is 41.5 Å². The Morgan fingerprint density at radius 1 is 1.09 bits per heavy atom. The second-order valence-corrected chi connectivity index (χ2v) is 14.8. The second kappa shape index (κ2) is 10.8. The lowest BCUT2D eigenvalue weighted by atomic mass is 9.70. The van der Waals surface area contributed by atoms with E-state index in [9.17, 15) is 46.7 Å². The molecule has 16 heteroatoms. The van der Waals surface area contributed by atoms with E-state index in [2.05, 4.69) is 0 Å². The number of sulfone groups is 1. The third kappa shape index (κ3) is 5.05. The van der Waals surface area contributed by atoms with E-state index in [0.717, 1.165) is 4.90 Å². The van der Waals surface area contributed by atoms with Gasteiger partial charge in [-0.05, 0) is 37.5 Å². The van der Waals surface area contributed by atoms with E-state index in [0.29, 0.717) is 31.9 Å². The molecule has 2 aliphatic carbocycles. The maximum atomic E-state index is 14.1. The number of piperazine rings is 1. The molecule has 0 bridgehead atoms. The first kappa shape index (κ1) is 31.9. The zero-order valence-electron chi connectivity index (χ0n) is 23.8. The standard InChI is InChI=1S/C28H32ClF2N5O7S/c1-16(37)34-6-8-35(9-7-34)17-2-3-21(20(29)10-17)44(42,43)18-11-19(23(38)36-5-4-27(30,31)15-36)28(12-18,25(40)41)22-13-26(22,14-32)24(33)39/h2-3,10,18-19,22H,4-9,11-13,15H2,1H3,(H2,33,39)(H,40,41)/t18-,19+,22?,26?,28+/m1/s1. The largest absolute Gasteiger partial charge is 0.481 e. The van der Waals surface area contributed by atoms with Gasteiger partial charge in [0.1, 0.15) is 5.41 Å². The molecule has 0 aromatic heterocycles. The highest BCUT2D eigenvalue weighted by molar-refractivity contribution is 7.92. The number of amides is 3. The number of carboxylic acid groups (broad SMARTS) is 1. The third-order valence-electron chi connectivity index (χ3n) is 9.84. The summed E-state index contributed by atoms with van der Waals surface area (Å²) in [4.78, 5) is 54.8. The van der Waals surface area contributed by atoms with Crippen LogP contribution in [0.2, 0.25) is 5.02 Å². The number of hydrogen-bond acceptors (Lipinski definition) is 8. The molecule has 4 fully saturated rings. The molecule has 44 heavy (non-hydrogen) atoms. The van der Waals surface area contributed by atoms with Crippen LogP contribution in [0.5, 0.6) is 0 Å². The highest BCUT2D eigenvalue weighted by Gasteiger charge is 2.76. The molecule has 5 rings (SSSR count). The lowest BCUT2D eigenvalue weighted by Crippen LogP contribution is -2.48. The van der Waals surface area contributed by atoms with Gasteiger partial charge in [-0.1, -0.05) is 11.6 Å². The van der Waals surface area contributed by atoms with Crippen LogP contribution in [0, 0.1) is 34.0 Å². The zero-order chi connectivity index (χ0) is 32.4. The third-order valence-corrected chi connectivity index (χ3v) is 12.5. The fourth-order valence-corrected chi connectivity index (χ4v) is 9.65. The molecular weight excluding hydrogens is 624 g/mol. The Kier molecular flexibility index (Phi) is 7.85. The number of nitrogens with two attached hydrogens (primary N) is 1. The summed E-state index contributed by atoms with van der Waals surface area (Å²) in [6.45, 7) is 2.10. The number of aliphatic carboxylic acids is 1. The number of carboxylic acids is 1. The van der Waals surface area contributed by atoms with Gasteiger partial charge < -0.3 is 25.5 Å². The van der Waals surface area contributed by atoms with Crippen LogP contribution < -0.4 is 10.6 Å². The summed E-state index contributed by atoms with van der Waals surface area (Å²) in [5, 5.41) is 18.7. The summed E-state index contributed by atoms with van der Waals surface area (Å²) in [7, 11) is -4.41. The van der Waals surface area contributed by atoms with E-state index < -0.39 is 87.3 Å². The molecule has 5 atom stereocenters. The van der Waals surface area contributed by atoms with Crippen molar-refractivity contribution in [2.45, 2.75) is 48.7 Å². The van der Waals surface area contributed by atoms with Crippen LogP contribution in [-0.2, 0) is 29.0 Å². The van der Waals surface area contributed by atoms with Gasteiger partial charge in [-0.3, -0.25) is 19.2 Å². The molecule has 1 aromatic carbocycles. The number of carbonyl (C=O) groups excluding carboxylic acids is 3. The van der Waals surface area contributed by atoms with Crippen molar-refractivity contribution >= 4 is 50.8 Å². The molecule has 2 aliphatic heterocycles. The Morgan fingerprint density at radius 2 is 1.75 bits per heavy atom. The average Bonchev–Trinajstić information content (AvgIpc) is 3.41. The van der Waals surface area contributed by atoms with Crippen molar-refractivity contribution in [1.29, 1.82) is 5.26 Å². The number of nitrogens with zero attached hydrogens (tertiary/aromatic N) is 4. The number of hydrogen-bond donors (Lipinski definition) is 2. The van der Waals surface area contributed by atoms with Gasteiger partial charge in [0.2, 0.25) is 17.7 Å². The SMILES string of the molecule is CC(=O)N1CCN(c2ccc(S(=O)(=O)[C@@H]3C[C@@H](C(=O)N4CCC(F)(F)C4)[C@](C(=O)O)(C4CC4(C#N)C(N)=O)C3)c(Cl)c2)CC1. The molecule has 12 nitrogen and oxygen atoms in total. The smallest absolute Gasteiger partial charge is 0.310 e. The van der Waals surface area contributed by atoms with Crippen LogP contribution in [0.25, 0.3) is 0 Å². The Bertz CT molecular complexity index is 1580. The van der Waals surface area contributed by atoms with E-state index in [4.69, 9.17) is 17.3 Å². The quantitative estimate of drug-likeness (QED) is 0.440. The van der Waals surface area contributed by atoms with Crippen LogP contribution in [0.1, 0.15) is 32.6 Å². The number of rotatable bonds is 7. The molecule has 0 spiro atoms. The zero-order valence-corrected chi connectivity index (χ0v) is 25.4. The number of benzene rings is 1. The van der Waals surface area contributed by atoms with Crippen molar-refractivity contribution in [2.24, 2.45) is 28.4 Å². The van der Waals surface area contributed by atoms with Gasteiger partial charge in [-0.25, -0.2) is 17.2 Å². The molecule has 238 valence electrons. The minimum Gasteiger partial charge on any atom is -0.481 e. The van der Waals surface area contributed by atoms with Gasteiger partial charge >= 0.3 is 5.97 Å². The van der Waals surface area contributed by atoms with E-state index in [1.54, 1.807) is 17.0 Å². The molecule has 0 radical (unpaired) electrons. The summed E-state index contributed by atoms with van der Waals surface area (Å²) < 4.78 is 56.2. The van der Waals surface area contributed by atoms with Crippen LogP contribution in [0.4, 0.5) is 14.5 Å². The predicted octanol–water partition coefficient (Wildman–Crippen LogP) is 1.51. The topological polar surface area (TPSA) is 182 Å². The lowest BCUT2D eigenvalue weighted by Gasteiger charge is -2.35. The van der Waals surface area contributed by atoms with E-state index in [1.807, 2.05) is 4.90 Å². The van der Waals surface area contributed by atoms with Crippen LogP contribution in [0.3, 0.4) is 0 Å². The number of halogens is 3. The summed E-state index contributed by atoms with van der Waals surface area (Å²) >= 11 is 6.49. The number of likely N-dealkylation sites (tertiary alicyclic amines) is 1. The first-order chi connectivity index (χ1) is 20.5. The van der Waals surface area contributed by atoms with Gasteiger partial charge in [0, 0.05) is 57.7 Å². The maximum absolute atomic E-state index is 14.1. The number of nitriles is 1. The van der Waals surface area contributed by atoms with Crippen LogP contribution in [0.15, 0.2) is 23.1 Å². The Balaban J connectivity index is 1.48. The fourth-order valence-electron chi connectivity index (χ4n) is 7.26. The summed E-state index contributed by atoms with van der Waals surface area (Å²) in [6.07, 6.45) is -2.11. The predicted molar refractivity (Wildman–Crippen MR) is 151 cm³/mol. The highest BCUT2D eigenvalue weighted by Crippen LogP contribution is 2.68. The van der Waals surface area contributed by atoms with Gasteiger partial charge in [0.15, 0.2) is 9.84 Å². The first-order valence-corrected chi connectivity index (χ1v) is 16.1. The maximum Gasteiger partial charge on any atom is 0.310 e. The van der Waals surface area contributed by atoms with Crippen LogP contribution >= 0.6 is 11.6 Å². The van der Waals surface area contributed by atoms with Crippen molar-refractivity contribution in [3.05, 3.63) is 23.2 Å². The first-order valence-electron chi connectivity index (χ1n) is 14.2. The summed E-state index contributed by atoms with van der Waals surface area (Å²) in [5.41, 5.74) is 1.92. The molecular formula is C28H32ClF2N5O7S. The molecule has 3 N–H and O–H groups in total. The minimum atomic E-state index is -4.41. The molecule has 2 heterocycles. The van der Waals surface area contributed by atoms with Crippen molar-refractivity contribution in [3.63, 3.8) is 0 Å². The van der Waals surface area contributed by atoms with Gasteiger partial charge in [0.25, 0.3) is 5.92 Å². The molecule has 1 aromatic rings. The van der Waals surface area contributed by atoms with E-state index in [-0.39, 0.29) is 28.8 Å². The van der Waals surface area contributed by atoms with E-state index in [1.165, 1.54) is 19.1 Å². The number of alkyl halides is 2. The monoisotopic (exact) mass is 655 g/mol. The van der Waals surface area contributed by atoms with Crippen molar-refractivity contribution in [1.82, 2.24) is 9.80 Å². The summed E-state index contributed by atoms with van der Waals surface area (Å²) in [6, 6.07) is 6.06. The number of primary amides is 1. The van der Waals surface area contributed by atoms with Crippen molar-refractivity contribution in [2.75, 3.05) is 44.2 Å². The van der Waals surface area contributed by atoms with Gasteiger partial charge in [0.05, 0.1) is 39.1 Å². The van der Waals surface area contributed by atoms with Crippen molar-refractivity contribution in [3.8, 4) is 6.07 Å². The molecule has 3 amide bonds. The molecule has 2 saturated carbocycles. The normalized spacial score (nSPS) is 31.4. The highest BCUT2D eigenvalue weighted by atomic mass is 35.5. The number of anilines is 1. The Morgan fingerprint density at radius 3 is 2.23 bits per heavy atom. The minimum absolute atomic E-state index is 0.0533. The Labute approximate surface area is 257 Å².